The monoisotopic (exact) mass is 334 g/mol. The summed E-state index contributed by atoms with van der Waals surface area (Å²) in [5.74, 6) is 0. The van der Waals surface area contributed by atoms with Crippen molar-refractivity contribution in [2.24, 2.45) is 0 Å². The normalized spacial score (nSPS) is 11.6. The average molecular weight is 334 g/mol. The van der Waals surface area contributed by atoms with Gasteiger partial charge in [0.1, 0.15) is 0 Å². The first-order valence-corrected chi connectivity index (χ1v) is 8.59. The molecule has 2 aromatic carbocycles. The number of benzene rings is 2. The number of aryl methyl sites for hydroxylation is 1. The van der Waals surface area contributed by atoms with E-state index in [0.717, 1.165) is 11.1 Å². The van der Waals surface area contributed by atoms with Crippen LogP contribution in [0.2, 0.25) is 0 Å². The Morgan fingerprint density at radius 3 is 2.26 bits per heavy atom. The molecule has 122 valence electrons. The minimum absolute atomic E-state index is 0.172. The standard InChI is InChI=1S/C16H18N2O4S/c1-3-17(12-14-10-8-13(2)9-11-14)23(21,22)16-7-5-4-6-15(16)18(19)20/h4-11H,3,12H2,1-2H3. The number of nitrogens with zero attached hydrogens (tertiary/aromatic N) is 2. The number of hydrogen-bond donors (Lipinski definition) is 0. The SMILES string of the molecule is CCN(Cc1ccc(C)cc1)S(=O)(=O)c1ccccc1[N+](=O)[O-]. The van der Waals surface area contributed by atoms with Crippen LogP contribution in [-0.2, 0) is 16.6 Å². The van der Waals surface area contributed by atoms with E-state index in [-0.39, 0.29) is 18.0 Å². The van der Waals surface area contributed by atoms with E-state index in [9.17, 15) is 18.5 Å². The number of rotatable bonds is 6. The molecular formula is C16H18N2O4S. The Kier molecular flexibility index (Phi) is 5.12. The van der Waals surface area contributed by atoms with Crippen molar-refractivity contribution in [2.75, 3.05) is 6.54 Å². The molecular weight excluding hydrogens is 316 g/mol. The van der Waals surface area contributed by atoms with Gasteiger partial charge < -0.3 is 0 Å². The molecule has 0 N–H and O–H groups in total. The molecule has 0 unspecified atom stereocenters. The van der Waals surface area contributed by atoms with Crippen molar-refractivity contribution in [3.05, 3.63) is 69.8 Å². The lowest BCUT2D eigenvalue weighted by molar-refractivity contribution is -0.387. The average Bonchev–Trinajstić information content (AvgIpc) is 2.54. The Balaban J connectivity index is 2.40. The maximum absolute atomic E-state index is 12.8. The van der Waals surface area contributed by atoms with Crippen molar-refractivity contribution >= 4 is 15.7 Å². The van der Waals surface area contributed by atoms with Gasteiger partial charge in [-0.1, -0.05) is 48.9 Å². The zero-order valence-electron chi connectivity index (χ0n) is 13.0. The lowest BCUT2D eigenvalue weighted by Crippen LogP contribution is -2.30. The molecule has 0 amide bonds. The zero-order chi connectivity index (χ0) is 17.0. The third-order valence-corrected chi connectivity index (χ3v) is 5.48. The van der Waals surface area contributed by atoms with Crippen molar-refractivity contribution in [2.45, 2.75) is 25.3 Å². The van der Waals surface area contributed by atoms with Gasteiger partial charge in [0.15, 0.2) is 4.90 Å². The highest BCUT2D eigenvalue weighted by molar-refractivity contribution is 7.89. The largest absolute Gasteiger partial charge is 0.289 e. The Hall–Kier alpha value is -2.25. The smallest absolute Gasteiger partial charge is 0.258 e. The summed E-state index contributed by atoms with van der Waals surface area (Å²) in [4.78, 5) is 10.1. The molecule has 2 rings (SSSR count). The number of nitro benzene ring substituents is 1. The summed E-state index contributed by atoms with van der Waals surface area (Å²) in [7, 11) is -3.94. The molecule has 0 aromatic heterocycles. The van der Waals surface area contributed by atoms with Crippen molar-refractivity contribution in [3.8, 4) is 0 Å². The van der Waals surface area contributed by atoms with Crippen molar-refractivity contribution in [1.82, 2.24) is 4.31 Å². The van der Waals surface area contributed by atoms with E-state index < -0.39 is 20.6 Å². The molecule has 0 aliphatic rings. The van der Waals surface area contributed by atoms with Gasteiger partial charge >= 0.3 is 0 Å². The Bertz CT molecular complexity index is 801. The van der Waals surface area contributed by atoms with Gasteiger partial charge in [0.2, 0.25) is 10.0 Å². The third-order valence-electron chi connectivity index (χ3n) is 3.51. The van der Waals surface area contributed by atoms with E-state index in [4.69, 9.17) is 0 Å². The summed E-state index contributed by atoms with van der Waals surface area (Å²) in [6, 6.07) is 12.9. The maximum atomic E-state index is 12.8. The van der Waals surface area contributed by atoms with Crippen molar-refractivity contribution < 1.29 is 13.3 Å². The van der Waals surface area contributed by atoms with E-state index in [1.54, 1.807) is 6.92 Å². The minimum atomic E-state index is -3.94. The van der Waals surface area contributed by atoms with Gasteiger partial charge in [-0.05, 0) is 18.6 Å². The fourth-order valence-electron chi connectivity index (χ4n) is 2.23. The first-order valence-electron chi connectivity index (χ1n) is 7.15. The summed E-state index contributed by atoms with van der Waals surface area (Å²) < 4.78 is 26.8. The Labute approximate surface area is 135 Å². The predicted octanol–water partition coefficient (Wildman–Crippen LogP) is 3.11. The summed E-state index contributed by atoms with van der Waals surface area (Å²) >= 11 is 0. The second-order valence-corrected chi connectivity index (χ2v) is 7.05. The van der Waals surface area contributed by atoms with Crippen LogP contribution in [0.1, 0.15) is 18.1 Å². The quantitative estimate of drug-likeness (QED) is 0.600. The molecule has 0 fully saturated rings. The van der Waals surface area contributed by atoms with E-state index in [1.807, 2.05) is 31.2 Å². The number of hydrogen-bond acceptors (Lipinski definition) is 4. The van der Waals surface area contributed by atoms with Crippen LogP contribution in [0.5, 0.6) is 0 Å². The van der Waals surface area contributed by atoms with Gasteiger partial charge in [-0.15, -0.1) is 0 Å². The van der Waals surface area contributed by atoms with E-state index in [2.05, 4.69) is 0 Å². The lowest BCUT2D eigenvalue weighted by atomic mass is 10.1. The highest BCUT2D eigenvalue weighted by Crippen LogP contribution is 2.27. The van der Waals surface area contributed by atoms with Gasteiger partial charge in [-0.25, -0.2) is 8.42 Å². The second-order valence-electron chi connectivity index (χ2n) is 5.14. The number of sulfonamides is 1. The molecule has 0 bridgehead atoms. The highest BCUT2D eigenvalue weighted by Gasteiger charge is 2.30. The second kappa shape index (κ2) is 6.89. The Morgan fingerprint density at radius 1 is 1.09 bits per heavy atom. The fourth-order valence-corrected chi connectivity index (χ4v) is 3.82. The lowest BCUT2D eigenvalue weighted by Gasteiger charge is -2.20. The molecule has 23 heavy (non-hydrogen) atoms. The Morgan fingerprint density at radius 2 is 1.70 bits per heavy atom. The highest BCUT2D eigenvalue weighted by atomic mass is 32.2. The van der Waals surface area contributed by atoms with Crippen LogP contribution in [-0.4, -0.2) is 24.2 Å². The van der Waals surface area contributed by atoms with E-state index in [1.165, 1.54) is 28.6 Å². The van der Waals surface area contributed by atoms with Crippen LogP contribution >= 0.6 is 0 Å². The van der Waals surface area contributed by atoms with Gasteiger partial charge in [-0.3, -0.25) is 10.1 Å². The molecule has 0 saturated carbocycles. The van der Waals surface area contributed by atoms with Crippen LogP contribution in [0.15, 0.2) is 53.4 Å². The molecule has 0 radical (unpaired) electrons. The molecule has 7 heteroatoms. The molecule has 0 saturated heterocycles. The van der Waals surface area contributed by atoms with Crippen molar-refractivity contribution in [3.63, 3.8) is 0 Å². The number of nitro groups is 1. The van der Waals surface area contributed by atoms with Crippen LogP contribution < -0.4 is 0 Å². The maximum Gasteiger partial charge on any atom is 0.289 e. The molecule has 0 heterocycles. The van der Waals surface area contributed by atoms with Crippen LogP contribution in [0, 0.1) is 17.0 Å². The molecule has 0 spiro atoms. The summed E-state index contributed by atoms with van der Waals surface area (Å²) in [6.45, 7) is 4.05. The van der Waals surface area contributed by atoms with Crippen LogP contribution in [0.4, 0.5) is 5.69 Å². The molecule has 2 aromatic rings. The minimum Gasteiger partial charge on any atom is -0.258 e. The molecule has 6 nitrogen and oxygen atoms in total. The van der Waals surface area contributed by atoms with Crippen LogP contribution in [0.3, 0.4) is 0 Å². The van der Waals surface area contributed by atoms with Gasteiger partial charge in [0.25, 0.3) is 5.69 Å². The zero-order valence-corrected chi connectivity index (χ0v) is 13.8. The van der Waals surface area contributed by atoms with Gasteiger partial charge in [-0.2, -0.15) is 4.31 Å². The van der Waals surface area contributed by atoms with Gasteiger partial charge in [0.05, 0.1) is 4.92 Å². The summed E-state index contributed by atoms with van der Waals surface area (Å²) in [5.41, 5.74) is 1.51. The molecule has 0 atom stereocenters. The fraction of sp³-hybridized carbons (Fsp3) is 0.250. The first kappa shape index (κ1) is 17.1. The third kappa shape index (κ3) is 3.75. The number of para-hydroxylation sites is 1. The predicted molar refractivity (Wildman–Crippen MR) is 87.5 cm³/mol. The first-order chi connectivity index (χ1) is 10.9. The van der Waals surface area contributed by atoms with E-state index in [0.29, 0.717) is 0 Å². The molecule has 0 aliphatic carbocycles. The van der Waals surface area contributed by atoms with Gasteiger partial charge in [0, 0.05) is 19.2 Å². The molecule has 0 aliphatic heterocycles. The summed E-state index contributed by atoms with van der Waals surface area (Å²) in [5, 5.41) is 11.1. The topological polar surface area (TPSA) is 80.5 Å². The van der Waals surface area contributed by atoms with Crippen LogP contribution in [0.25, 0.3) is 0 Å². The van der Waals surface area contributed by atoms with E-state index >= 15 is 0 Å². The summed E-state index contributed by atoms with van der Waals surface area (Å²) in [6.07, 6.45) is 0. The van der Waals surface area contributed by atoms with Crippen molar-refractivity contribution in [1.29, 1.82) is 0 Å².